The Hall–Kier alpha value is -1.57. The molecule has 0 aliphatic rings. The minimum absolute atomic E-state index is 0.230. The summed E-state index contributed by atoms with van der Waals surface area (Å²) < 4.78 is 0. The molecule has 232 valence electrons. The minimum Gasteiger partial charge on any atom is -0.481 e. The van der Waals surface area contributed by atoms with Crippen LogP contribution in [0.5, 0.6) is 0 Å². The molecule has 0 aromatic rings. The Morgan fingerprint density at radius 3 is 1.77 bits per heavy atom. The molecule has 0 spiro atoms. The third-order valence-electron chi connectivity index (χ3n) is 8.24. The molecule has 0 saturated heterocycles. The van der Waals surface area contributed by atoms with E-state index in [0.717, 1.165) is 49.9 Å². The second-order valence-corrected chi connectivity index (χ2v) is 13.1. The molecule has 0 saturated carbocycles. The topological polar surface area (TPSA) is 37.3 Å². The average Bonchev–Trinajstić information content (AvgIpc) is 2.90. The Labute approximate surface area is 250 Å². The molecule has 0 aromatic carbocycles. The first kappa shape index (κ1) is 38.4. The van der Waals surface area contributed by atoms with E-state index < -0.39 is 5.97 Å². The van der Waals surface area contributed by atoms with Gasteiger partial charge in [0.05, 0.1) is 5.92 Å². The summed E-state index contributed by atoms with van der Waals surface area (Å²) in [5.41, 5.74) is 1.37. The Balaban J connectivity index is 3.96. The van der Waals surface area contributed by atoms with Crippen LogP contribution in [0.25, 0.3) is 0 Å². The van der Waals surface area contributed by atoms with E-state index in [4.69, 9.17) is 0 Å². The van der Waals surface area contributed by atoms with Crippen LogP contribution in [-0.2, 0) is 4.79 Å². The first-order chi connectivity index (χ1) is 19.3. The Morgan fingerprint density at radius 2 is 1.20 bits per heavy atom. The summed E-state index contributed by atoms with van der Waals surface area (Å²) in [7, 11) is 0. The molecular formula is C38H68O2. The predicted molar refractivity (Wildman–Crippen MR) is 179 cm³/mol. The van der Waals surface area contributed by atoms with Crippen molar-refractivity contribution in [1.29, 1.82) is 0 Å². The number of hydrogen-bond donors (Lipinski definition) is 1. The van der Waals surface area contributed by atoms with Crippen molar-refractivity contribution in [2.75, 3.05) is 0 Å². The third-order valence-corrected chi connectivity index (χ3v) is 8.24. The van der Waals surface area contributed by atoms with E-state index in [9.17, 15) is 9.90 Å². The number of carbonyl (C=O) groups is 1. The van der Waals surface area contributed by atoms with Gasteiger partial charge in [-0.25, -0.2) is 0 Å². The number of rotatable bonds is 27. The van der Waals surface area contributed by atoms with Crippen LogP contribution in [0.15, 0.2) is 48.1 Å². The molecule has 0 aliphatic heterocycles. The van der Waals surface area contributed by atoms with Crippen LogP contribution in [0.1, 0.15) is 164 Å². The van der Waals surface area contributed by atoms with Crippen molar-refractivity contribution < 1.29 is 9.90 Å². The molecule has 0 heterocycles. The highest BCUT2D eigenvalue weighted by atomic mass is 16.4. The van der Waals surface area contributed by atoms with Gasteiger partial charge in [-0.1, -0.05) is 160 Å². The van der Waals surface area contributed by atoms with Crippen molar-refractivity contribution >= 4 is 5.97 Å². The van der Waals surface area contributed by atoms with Gasteiger partial charge in [0.2, 0.25) is 0 Å². The molecule has 0 fully saturated rings. The highest BCUT2D eigenvalue weighted by Gasteiger charge is 2.15. The summed E-state index contributed by atoms with van der Waals surface area (Å²) in [6, 6.07) is 0. The van der Waals surface area contributed by atoms with Gasteiger partial charge in [-0.05, 0) is 69.6 Å². The lowest BCUT2D eigenvalue weighted by atomic mass is 9.91. The second kappa shape index (κ2) is 27.6. The lowest BCUT2D eigenvalue weighted by molar-refractivity contribution is -0.141. The van der Waals surface area contributed by atoms with Gasteiger partial charge in [0.15, 0.2) is 0 Å². The fraction of sp³-hybridized carbons (Fsp3) is 0.763. The van der Waals surface area contributed by atoms with E-state index in [1.165, 1.54) is 89.0 Å². The van der Waals surface area contributed by atoms with Gasteiger partial charge in [-0.3, -0.25) is 4.79 Å². The van der Waals surface area contributed by atoms with Gasteiger partial charge in [0.1, 0.15) is 0 Å². The van der Waals surface area contributed by atoms with Gasteiger partial charge >= 0.3 is 5.97 Å². The zero-order chi connectivity index (χ0) is 29.8. The minimum atomic E-state index is -0.630. The maximum atomic E-state index is 11.8. The zero-order valence-corrected chi connectivity index (χ0v) is 27.6. The molecule has 0 bridgehead atoms. The van der Waals surface area contributed by atoms with Crippen molar-refractivity contribution in [3.05, 3.63) is 48.1 Å². The van der Waals surface area contributed by atoms with Gasteiger partial charge < -0.3 is 5.11 Å². The average molecular weight is 557 g/mol. The van der Waals surface area contributed by atoms with Gasteiger partial charge in [0, 0.05) is 0 Å². The molecule has 1 N–H and O–H groups in total. The molecule has 3 atom stereocenters. The van der Waals surface area contributed by atoms with E-state index in [1.54, 1.807) is 0 Å². The van der Waals surface area contributed by atoms with Gasteiger partial charge in [-0.15, -0.1) is 0 Å². The van der Waals surface area contributed by atoms with E-state index in [-0.39, 0.29) is 5.92 Å². The molecule has 2 heteroatoms. The van der Waals surface area contributed by atoms with Crippen LogP contribution >= 0.6 is 0 Å². The number of carboxylic acid groups (broad SMARTS) is 1. The Bertz CT molecular complexity index is 696. The number of carboxylic acids is 1. The van der Waals surface area contributed by atoms with Gasteiger partial charge in [-0.2, -0.15) is 0 Å². The summed E-state index contributed by atoms with van der Waals surface area (Å²) in [6.07, 6.45) is 37.8. The Kier molecular flexibility index (Phi) is 26.5. The maximum Gasteiger partial charge on any atom is 0.306 e. The molecule has 0 rings (SSSR count). The van der Waals surface area contributed by atoms with Gasteiger partial charge in [0.25, 0.3) is 0 Å². The highest BCUT2D eigenvalue weighted by Crippen LogP contribution is 2.23. The second-order valence-electron chi connectivity index (χ2n) is 13.1. The van der Waals surface area contributed by atoms with Crippen LogP contribution in [0, 0.1) is 23.7 Å². The molecular weight excluding hydrogens is 488 g/mol. The molecule has 0 radical (unpaired) electrons. The predicted octanol–water partition coefficient (Wildman–Crippen LogP) is 12.7. The van der Waals surface area contributed by atoms with Crippen LogP contribution in [0.2, 0.25) is 0 Å². The van der Waals surface area contributed by atoms with E-state index in [2.05, 4.69) is 84.1 Å². The fourth-order valence-corrected chi connectivity index (χ4v) is 5.30. The number of hydrogen-bond acceptors (Lipinski definition) is 1. The van der Waals surface area contributed by atoms with E-state index in [1.807, 2.05) is 0 Å². The monoisotopic (exact) mass is 557 g/mol. The van der Waals surface area contributed by atoms with E-state index >= 15 is 0 Å². The SMILES string of the molecule is CCCCC=CC=CC=CCCCCCCC(CC=C(C)CCCC(C)CCCC(C)CCCC(C)C)C(=O)O. The fourth-order valence-electron chi connectivity index (χ4n) is 5.30. The molecule has 3 unspecified atom stereocenters. The molecule has 0 amide bonds. The molecule has 40 heavy (non-hydrogen) atoms. The molecule has 0 aromatic heterocycles. The van der Waals surface area contributed by atoms with Crippen LogP contribution in [0.3, 0.4) is 0 Å². The smallest absolute Gasteiger partial charge is 0.306 e. The quantitative estimate of drug-likeness (QED) is 0.0620. The van der Waals surface area contributed by atoms with Crippen molar-refractivity contribution in [1.82, 2.24) is 0 Å². The maximum absolute atomic E-state index is 11.8. The van der Waals surface area contributed by atoms with Crippen LogP contribution < -0.4 is 0 Å². The first-order valence-electron chi connectivity index (χ1n) is 17.1. The Morgan fingerprint density at radius 1 is 0.650 bits per heavy atom. The van der Waals surface area contributed by atoms with E-state index in [0.29, 0.717) is 6.42 Å². The van der Waals surface area contributed by atoms with Crippen molar-refractivity contribution in [2.45, 2.75) is 164 Å². The van der Waals surface area contributed by atoms with Crippen LogP contribution in [0.4, 0.5) is 0 Å². The standard InChI is InChI=1S/C38H68O2/c1-7-8-9-10-11-12-13-14-15-16-17-18-19-20-30-37(38(39)40)32-31-36(6)29-23-28-35(5)27-22-26-34(4)25-21-24-33(2)3/h10-15,31,33-35,37H,7-9,16-30,32H2,1-6H3,(H,39,40). The summed E-state index contributed by atoms with van der Waals surface area (Å²) in [4.78, 5) is 11.8. The summed E-state index contributed by atoms with van der Waals surface area (Å²) >= 11 is 0. The van der Waals surface area contributed by atoms with Crippen LogP contribution in [-0.4, -0.2) is 11.1 Å². The lowest BCUT2D eigenvalue weighted by Crippen LogP contribution is -2.13. The first-order valence-corrected chi connectivity index (χ1v) is 17.1. The number of aliphatic carboxylic acids is 1. The zero-order valence-electron chi connectivity index (χ0n) is 27.6. The summed E-state index contributed by atoms with van der Waals surface area (Å²) in [6.45, 7) is 13.9. The summed E-state index contributed by atoms with van der Waals surface area (Å²) in [5.74, 6) is 1.65. The number of unbranched alkanes of at least 4 members (excludes halogenated alkanes) is 6. The third kappa shape index (κ3) is 26.6. The largest absolute Gasteiger partial charge is 0.481 e. The van der Waals surface area contributed by atoms with Crippen molar-refractivity contribution in [2.24, 2.45) is 23.7 Å². The molecule has 0 aliphatic carbocycles. The van der Waals surface area contributed by atoms with Crippen molar-refractivity contribution in [3.8, 4) is 0 Å². The molecule has 2 nitrogen and oxygen atoms in total. The van der Waals surface area contributed by atoms with Crippen molar-refractivity contribution in [3.63, 3.8) is 0 Å². The summed E-state index contributed by atoms with van der Waals surface area (Å²) in [5, 5.41) is 9.68. The normalized spacial score (nSPS) is 15.1. The highest BCUT2D eigenvalue weighted by molar-refractivity contribution is 5.70. The lowest BCUT2D eigenvalue weighted by Gasteiger charge is -2.15. The number of allylic oxidation sites excluding steroid dienone is 8.